The van der Waals surface area contributed by atoms with Gasteiger partial charge in [-0.2, -0.15) is 0 Å². The standard InChI is InChI=1S/C13H14N2O3/c1-17-7-9-3-5-12(18-9)13(16)10-4-2-8(14)6-11(10)15/h2-6H,7,14-15H2,1H3. The summed E-state index contributed by atoms with van der Waals surface area (Å²) in [6, 6.07) is 8.07. The van der Waals surface area contributed by atoms with E-state index in [9.17, 15) is 4.79 Å². The normalized spacial score (nSPS) is 10.5. The number of hydrogen-bond acceptors (Lipinski definition) is 5. The Morgan fingerprint density at radius 2 is 2.06 bits per heavy atom. The first kappa shape index (κ1) is 12.2. The second-order valence-corrected chi connectivity index (χ2v) is 3.87. The number of ether oxygens (including phenoxy) is 1. The quantitative estimate of drug-likeness (QED) is 0.634. The van der Waals surface area contributed by atoms with Gasteiger partial charge in [-0.15, -0.1) is 0 Å². The first-order valence-electron chi connectivity index (χ1n) is 5.39. The van der Waals surface area contributed by atoms with Gasteiger partial charge in [0.15, 0.2) is 5.76 Å². The fourth-order valence-corrected chi connectivity index (χ4v) is 1.64. The molecule has 0 saturated carbocycles. The number of nitrogen functional groups attached to an aromatic ring is 2. The molecule has 5 nitrogen and oxygen atoms in total. The summed E-state index contributed by atoms with van der Waals surface area (Å²) in [6.45, 7) is 0.324. The third-order valence-corrected chi connectivity index (χ3v) is 2.49. The number of nitrogens with two attached hydrogens (primary N) is 2. The number of carbonyl (C=O) groups is 1. The van der Waals surface area contributed by atoms with Crippen molar-refractivity contribution in [3.05, 3.63) is 47.4 Å². The lowest BCUT2D eigenvalue weighted by Gasteiger charge is -2.03. The third kappa shape index (κ3) is 2.36. The van der Waals surface area contributed by atoms with E-state index >= 15 is 0 Å². The van der Waals surface area contributed by atoms with E-state index in [2.05, 4.69) is 0 Å². The molecule has 1 aromatic heterocycles. The zero-order chi connectivity index (χ0) is 13.1. The lowest BCUT2D eigenvalue weighted by atomic mass is 10.1. The number of ketones is 1. The number of rotatable bonds is 4. The zero-order valence-electron chi connectivity index (χ0n) is 9.97. The predicted molar refractivity (Wildman–Crippen MR) is 68.1 cm³/mol. The average molecular weight is 246 g/mol. The highest BCUT2D eigenvalue weighted by Crippen LogP contribution is 2.20. The lowest BCUT2D eigenvalue weighted by Crippen LogP contribution is -2.05. The molecule has 1 aromatic carbocycles. The molecule has 0 aliphatic rings. The van der Waals surface area contributed by atoms with Crippen molar-refractivity contribution >= 4 is 17.2 Å². The zero-order valence-corrected chi connectivity index (χ0v) is 9.97. The van der Waals surface area contributed by atoms with Crippen molar-refractivity contribution in [3.8, 4) is 0 Å². The van der Waals surface area contributed by atoms with E-state index in [1.807, 2.05) is 0 Å². The minimum Gasteiger partial charge on any atom is -0.455 e. The molecule has 94 valence electrons. The lowest BCUT2D eigenvalue weighted by molar-refractivity contribution is 0.100. The molecule has 0 radical (unpaired) electrons. The van der Waals surface area contributed by atoms with Gasteiger partial charge in [0.25, 0.3) is 0 Å². The molecular weight excluding hydrogens is 232 g/mol. The third-order valence-electron chi connectivity index (χ3n) is 2.49. The summed E-state index contributed by atoms with van der Waals surface area (Å²) in [5.74, 6) is 0.559. The number of anilines is 2. The Morgan fingerprint density at radius 3 is 2.72 bits per heavy atom. The minimum absolute atomic E-state index is 0.235. The van der Waals surface area contributed by atoms with Gasteiger partial charge in [0.05, 0.1) is 0 Å². The molecule has 2 aromatic rings. The molecule has 0 saturated heterocycles. The van der Waals surface area contributed by atoms with Crippen LogP contribution in [-0.4, -0.2) is 12.9 Å². The van der Waals surface area contributed by atoms with E-state index in [0.29, 0.717) is 29.3 Å². The highest BCUT2D eigenvalue weighted by atomic mass is 16.5. The van der Waals surface area contributed by atoms with Gasteiger partial charge < -0.3 is 20.6 Å². The highest BCUT2D eigenvalue weighted by molar-refractivity contribution is 6.10. The number of hydrogen-bond donors (Lipinski definition) is 2. The maximum atomic E-state index is 12.1. The summed E-state index contributed by atoms with van der Waals surface area (Å²) >= 11 is 0. The second kappa shape index (κ2) is 4.93. The summed E-state index contributed by atoms with van der Waals surface area (Å²) in [6.07, 6.45) is 0. The van der Waals surface area contributed by atoms with Gasteiger partial charge in [-0.1, -0.05) is 0 Å². The molecule has 0 aliphatic carbocycles. The van der Waals surface area contributed by atoms with Crippen LogP contribution in [0.5, 0.6) is 0 Å². The van der Waals surface area contributed by atoms with E-state index in [0.717, 1.165) is 0 Å². The summed E-state index contributed by atoms with van der Waals surface area (Å²) in [4.78, 5) is 12.1. The Balaban J connectivity index is 2.29. The average Bonchev–Trinajstić information content (AvgIpc) is 2.77. The summed E-state index contributed by atoms with van der Waals surface area (Å²) in [5, 5.41) is 0. The smallest absolute Gasteiger partial charge is 0.230 e. The second-order valence-electron chi connectivity index (χ2n) is 3.87. The van der Waals surface area contributed by atoms with E-state index in [4.69, 9.17) is 20.6 Å². The Morgan fingerprint density at radius 1 is 1.28 bits per heavy atom. The van der Waals surface area contributed by atoms with Crippen LogP contribution in [-0.2, 0) is 11.3 Å². The highest BCUT2D eigenvalue weighted by Gasteiger charge is 2.16. The van der Waals surface area contributed by atoms with Crippen LogP contribution in [0.3, 0.4) is 0 Å². The van der Waals surface area contributed by atoms with E-state index in [1.54, 1.807) is 37.4 Å². The molecule has 0 unspecified atom stereocenters. The summed E-state index contributed by atoms with van der Waals surface area (Å²) in [5.41, 5.74) is 12.6. The SMILES string of the molecule is COCc1ccc(C(=O)c2ccc(N)cc2N)o1. The number of methoxy groups -OCH3 is 1. The molecule has 18 heavy (non-hydrogen) atoms. The monoisotopic (exact) mass is 246 g/mol. The molecule has 4 N–H and O–H groups in total. The van der Waals surface area contributed by atoms with Crippen LogP contribution in [0.15, 0.2) is 34.7 Å². The molecule has 0 spiro atoms. The fraction of sp³-hybridized carbons (Fsp3) is 0.154. The van der Waals surface area contributed by atoms with Crippen LogP contribution in [0.4, 0.5) is 11.4 Å². The number of carbonyl (C=O) groups excluding carboxylic acids is 1. The van der Waals surface area contributed by atoms with Crippen molar-refractivity contribution in [2.75, 3.05) is 18.6 Å². The Labute approximate surface area is 104 Å². The first-order chi connectivity index (χ1) is 8.61. The minimum atomic E-state index is -0.269. The number of furan rings is 1. The van der Waals surface area contributed by atoms with Gasteiger partial charge >= 0.3 is 0 Å². The van der Waals surface area contributed by atoms with E-state index in [1.165, 1.54) is 0 Å². The van der Waals surface area contributed by atoms with Crippen LogP contribution in [0, 0.1) is 0 Å². The van der Waals surface area contributed by atoms with Crippen LogP contribution in [0.2, 0.25) is 0 Å². The molecule has 0 aliphatic heterocycles. The fourth-order valence-electron chi connectivity index (χ4n) is 1.64. The molecule has 5 heteroatoms. The van der Waals surface area contributed by atoms with Gasteiger partial charge in [-0.05, 0) is 30.3 Å². The van der Waals surface area contributed by atoms with Gasteiger partial charge in [0, 0.05) is 24.0 Å². The molecule has 1 heterocycles. The van der Waals surface area contributed by atoms with Crippen molar-refractivity contribution in [2.45, 2.75) is 6.61 Å². The van der Waals surface area contributed by atoms with Crippen LogP contribution >= 0.6 is 0 Å². The van der Waals surface area contributed by atoms with Gasteiger partial charge in [0.1, 0.15) is 12.4 Å². The summed E-state index contributed by atoms with van der Waals surface area (Å²) in [7, 11) is 1.56. The molecular formula is C13H14N2O3. The maximum absolute atomic E-state index is 12.1. The molecule has 0 fully saturated rings. The summed E-state index contributed by atoms with van der Waals surface area (Å²) < 4.78 is 10.3. The van der Waals surface area contributed by atoms with Crippen molar-refractivity contribution < 1.29 is 13.9 Å². The van der Waals surface area contributed by atoms with Crippen molar-refractivity contribution in [1.82, 2.24) is 0 Å². The largest absolute Gasteiger partial charge is 0.455 e. The Bertz CT molecular complexity index is 575. The first-order valence-corrected chi connectivity index (χ1v) is 5.39. The van der Waals surface area contributed by atoms with Crippen molar-refractivity contribution in [3.63, 3.8) is 0 Å². The predicted octanol–water partition coefficient (Wildman–Crippen LogP) is 1.82. The van der Waals surface area contributed by atoms with E-state index < -0.39 is 0 Å². The molecule has 0 amide bonds. The number of benzene rings is 1. The van der Waals surface area contributed by atoms with Crippen molar-refractivity contribution in [1.29, 1.82) is 0 Å². The maximum Gasteiger partial charge on any atom is 0.230 e. The van der Waals surface area contributed by atoms with Crippen LogP contribution in [0.25, 0.3) is 0 Å². The van der Waals surface area contributed by atoms with Gasteiger partial charge in [0.2, 0.25) is 5.78 Å². The van der Waals surface area contributed by atoms with Crippen LogP contribution < -0.4 is 11.5 Å². The van der Waals surface area contributed by atoms with Gasteiger partial charge in [-0.3, -0.25) is 4.79 Å². The van der Waals surface area contributed by atoms with Crippen molar-refractivity contribution in [2.24, 2.45) is 0 Å². The van der Waals surface area contributed by atoms with Crippen LogP contribution in [0.1, 0.15) is 21.9 Å². The molecule has 2 rings (SSSR count). The Kier molecular flexibility index (Phi) is 3.34. The molecule has 0 bridgehead atoms. The van der Waals surface area contributed by atoms with E-state index in [-0.39, 0.29) is 11.5 Å². The Hall–Kier alpha value is -2.27. The topological polar surface area (TPSA) is 91.5 Å². The van der Waals surface area contributed by atoms with Gasteiger partial charge in [-0.25, -0.2) is 0 Å². The molecule has 0 atom stereocenters.